The van der Waals surface area contributed by atoms with Gasteiger partial charge in [0.2, 0.25) is 0 Å². The SMILES string of the molecule is Cc1ccc(S(=O)(=O)[N-]c2cccc3ccc4cccnc4c23)cc1.Fc1cccc(OCc2ccccc2)c1.[Pd+2].[c-]1cccc(OCc2ccccc2)c1.c1ccncc1. The van der Waals surface area contributed by atoms with E-state index in [0.29, 0.717) is 24.7 Å². The van der Waals surface area contributed by atoms with E-state index < -0.39 is 10.0 Å². The number of nitrogens with zero attached hydrogens (tertiary/aromatic N) is 3. The minimum atomic E-state index is -3.79. The molecule has 2 heterocycles. The van der Waals surface area contributed by atoms with Crippen LogP contribution in [0.5, 0.6) is 11.5 Å². The fourth-order valence-electron chi connectivity index (χ4n) is 5.68. The molecule has 0 unspecified atom stereocenters. The first kappa shape index (κ1) is 45.4. The van der Waals surface area contributed by atoms with Crippen LogP contribution in [0.3, 0.4) is 0 Å². The summed E-state index contributed by atoms with van der Waals surface area (Å²) in [7, 11) is -3.79. The van der Waals surface area contributed by atoms with Crippen molar-refractivity contribution in [3.8, 4) is 11.5 Å². The normalized spacial score (nSPS) is 10.3. The zero-order valence-corrected chi connectivity index (χ0v) is 35.6. The van der Waals surface area contributed by atoms with Crippen LogP contribution >= 0.6 is 0 Å². The van der Waals surface area contributed by atoms with E-state index in [1.807, 2.05) is 140 Å². The van der Waals surface area contributed by atoms with E-state index in [4.69, 9.17) is 9.47 Å². The molecule has 0 aliphatic rings. The summed E-state index contributed by atoms with van der Waals surface area (Å²) in [6.45, 7) is 2.99. The van der Waals surface area contributed by atoms with E-state index in [9.17, 15) is 12.8 Å². The van der Waals surface area contributed by atoms with Crippen LogP contribution in [-0.4, -0.2) is 18.4 Å². The maximum Gasteiger partial charge on any atom is 2.00 e. The third-order valence-corrected chi connectivity index (χ3v) is 9.97. The van der Waals surface area contributed by atoms with Crippen molar-refractivity contribution >= 4 is 37.4 Å². The maximum absolute atomic E-state index is 12.8. The van der Waals surface area contributed by atoms with Gasteiger partial charge in [-0.3, -0.25) is 9.97 Å². The number of aryl methyl sites for hydroxylation is 1. The molecule has 0 spiro atoms. The molecule has 0 N–H and O–H groups in total. The number of hydrogen-bond donors (Lipinski definition) is 0. The van der Waals surface area contributed by atoms with Gasteiger partial charge >= 0.3 is 20.4 Å². The van der Waals surface area contributed by atoms with Gasteiger partial charge in [-0.1, -0.05) is 127 Å². The molecule has 61 heavy (non-hydrogen) atoms. The maximum atomic E-state index is 12.8. The molecule has 2 aromatic heterocycles. The van der Waals surface area contributed by atoms with Crippen LogP contribution in [0.1, 0.15) is 16.7 Å². The first-order valence-corrected chi connectivity index (χ1v) is 20.5. The van der Waals surface area contributed by atoms with Crippen molar-refractivity contribution in [3.05, 3.63) is 246 Å². The summed E-state index contributed by atoms with van der Waals surface area (Å²) in [6.07, 6.45) is 5.20. The average molecular weight is 918 g/mol. The number of rotatable bonds is 9. The number of fused-ring (bicyclic) bond motifs is 3. The molecule has 9 rings (SSSR count). The minimum absolute atomic E-state index is 0. The standard InChI is InChI=1S/C20H15N2O2S.C13H11FO.C13H11O.C5H5N.Pd/c1-14-7-11-17(12-8-14)25(23,24)22-18-6-2-4-15-9-10-16-5-3-13-21-20(16)19(15)18;14-12-7-4-8-13(9-12)15-10-11-5-2-1-3-6-11;1-3-7-12(8-4-1)11-14-13-9-5-2-6-10-13;1-2-4-6-5-3-1;/h2-13H,1H3;1-9H,10H2;1-5,7-10H,11H2;1-5H;/q-1;;-1;;+2. The first-order valence-electron chi connectivity index (χ1n) is 19.1. The molecule has 0 aliphatic carbocycles. The Hall–Kier alpha value is -6.70. The van der Waals surface area contributed by atoms with Gasteiger partial charge in [0.15, 0.2) is 0 Å². The van der Waals surface area contributed by atoms with Crippen molar-refractivity contribution in [1.82, 2.24) is 9.97 Å². The van der Waals surface area contributed by atoms with Gasteiger partial charge in [0.05, 0.1) is 17.0 Å². The van der Waals surface area contributed by atoms with E-state index in [-0.39, 0.29) is 31.1 Å². The van der Waals surface area contributed by atoms with E-state index >= 15 is 0 Å². The first-order chi connectivity index (χ1) is 29.3. The third-order valence-electron chi connectivity index (χ3n) is 8.67. The van der Waals surface area contributed by atoms with Crippen LogP contribution in [-0.2, 0) is 43.7 Å². The number of benzene rings is 7. The smallest absolute Gasteiger partial charge is 0.572 e. The second-order valence-electron chi connectivity index (χ2n) is 13.2. The number of aromatic nitrogens is 2. The molecular weight excluding hydrogens is 876 g/mol. The Kier molecular flexibility index (Phi) is 17.7. The van der Waals surface area contributed by atoms with E-state index in [2.05, 4.69) is 20.8 Å². The molecule has 0 saturated heterocycles. The van der Waals surface area contributed by atoms with Gasteiger partial charge in [0.25, 0.3) is 0 Å². The van der Waals surface area contributed by atoms with Gasteiger partial charge in [-0.15, -0.1) is 17.8 Å². The number of hydrogen-bond acceptors (Lipinski definition) is 6. The summed E-state index contributed by atoms with van der Waals surface area (Å²) in [5.41, 5.74) is 4.40. The molecule has 308 valence electrons. The molecule has 7 aromatic carbocycles. The number of ether oxygens (including phenoxy) is 2. The van der Waals surface area contributed by atoms with Gasteiger partial charge in [0.1, 0.15) is 28.2 Å². The van der Waals surface area contributed by atoms with Crippen molar-refractivity contribution in [2.24, 2.45) is 0 Å². The monoisotopic (exact) mass is 917 g/mol. The summed E-state index contributed by atoms with van der Waals surface area (Å²) in [5.74, 6) is 1.13. The van der Waals surface area contributed by atoms with E-state index in [0.717, 1.165) is 38.6 Å². The van der Waals surface area contributed by atoms with Gasteiger partial charge in [-0.2, -0.15) is 18.2 Å². The molecular formula is C51H42FN3O4PdS. The van der Waals surface area contributed by atoms with Crippen molar-refractivity contribution in [3.63, 3.8) is 0 Å². The summed E-state index contributed by atoms with van der Waals surface area (Å²) in [4.78, 5) is 8.40. The minimum Gasteiger partial charge on any atom is -0.572 e. The molecule has 10 heteroatoms. The Labute approximate surface area is 370 Å². The molecule has 0 fully saturated rings. The Balaban J connectivity index is 0.000000168. The summed E-state index contributed by atoms with van der Waals surface area (Å²) in [6, 6.07) is 62.2. The molecule has 0 bridgehead atoms. The second kappa shape index (κ2) is 23.8. The van der Waals surface area contributed by atoms with E-state index in [1.54, 1.807) is 67.1 Å². The number of halogens is 1. The Morgan fingerprint density at radius 1 is 0.607 bits per heavy atom. The summed E-state index contributed by atoms with van der Waals surface area (Å²) < 4.78 is 53.3. The molecule has 0 atom stereocenters. The van der Waals surface area contributed by atoms with Gasteiger partial charge < -0.3 is 14.2 Å². The summed E-state index contributed by atoms with van der Waals surface area (Å²) >= 11 is 0. The van der Waals surface area contributed by atoms with Crippen LogP contribution in [0.15, 0.2) is 218 Å². The molecule has 0 saturated carbocycles. The zero-order chi connectivity index (χ0) is 41.8. The predicted octanol–water partition coefficient (Wildman–Crippen LogP) is 12.6. The van der Waals surface area contributed by atoms with Crippen LogP contribution in [0.25, 0.3) is 26.4 Å². The van der Waals surface area contributed by atoms with Crippen molar-refractivity contribution in [2.75, 3.05) is 0 Å². The third kappa shape index (κ3) is 14.5. The van der Waals surface area contributed by atoms with Crippen LogP contribution in [0.2, 0.25) is 0 Å². The number of pyridine rings is 2. The molecule has 9 aromatic rings. The molecule has 0 radical (unpaired) electrons. The van der Waals surface area contributed by atoms with Crippen LogP contribution < -0.4 is 9.47 Å². The van der Waals surface area contributed by atoms with E-state index in [1.165, 1.54) is 17.7 Å². The van der Waals surface area contributed by atoms with Crippen LogP contribution in [0, 0.1) is 18.8 Å². The fourth-order valence-corrected chi connectivity index (χ4v) is 6.68. The summed E-state index contributed by atoms with van der Waals surface area (Å²) in [5, 5.41) is 2.60. The molecule has 7 nitrogen and oxygen atoms in total. The Morgan fingerprint density at radius 3 is 1.82 bits per heavy atom. The zero-order valence-electron chi connectivity index (χ0n) is 33.2. The van der Waals surface area contributed by atoms with Crippen LogP contribution in [0.4, 0.5) is 10.1 Å². The van der Waals surface area contributed by atoms with Gasteiger partial charge in [-0.25, -0.2) is 12.8 Å². The van der Waals surface area contributed by atoms with Gasteiger partial charge in [-0.05, 0) is 71.3 Å². The predicted molar refractivity (Wildman–Crippen MR) is 238 cm³/mol. The number of sulfonamides is 1. The average Bonchev–Trinajstić information content (AvgIpc) is 3.30. The Bertz CT molecular complexity index is 2700. The van der Waals surface area contributed by atoms with Crippen molar-refractivity contribution in [2.45, 2.75) is 25.0 Å². The van der Waals surface area contributed by atoms with Crippen molar-refractivity contribution < 1.29 is 42.7 Å². The molecule has 0 aliphatic heterocycles. The van der Waals surface area contributed by atoms with Crippen molar-refractivity contribution in [1.29, 1.82) is 0 Å². The largest absolute Gasteiger partial charge is 2.00 e. The quantitative estimate of drug-likeness (QED) is 0.0813. The molecule has 0 amide bonds. The topological polar surface area (TPSA) is 92.5 Å². The van der Waals surface area contributed by atoms with Gasteiger partial charge in [0, 0.05) is 35.8 Å². The fraction of sp³-hybridized carbons (Fsp3) is 0.0588. The second-order valence-corrected chi connectivity index (χ2v) is 14.8. The Morgan fingerprint density at radius 2 is 1.21 bits per heavy atom.